The third-order valence-corrected chi connectivity index (χ3v) is 5.41. The molecule has 0 unspecified atom stereocenters. The molecule has 0 aromatic rings. The number of rotatable bonds is 6. The van der Waals surface area contributed by atoms with E-state index in [0.29, 0.717) is 19.0 Å². The highest BCUT2D eigenvalue weighted by molar-refractivity contribution is 14.0. The Kier molecular flexibility index (Phi) is 10.0. The van der Waals surface area contributed by atoms with E-state index in [1.165, 1.54) is 31.9 Å². The second-order valence-corrected chi connectivity index (χ2v) is 9.83. The van der Waals surface area contributed by atoms with E-state index in [-0.39, 0.29) is 35.1 Å². The summed E-state index contributed by atoms with van der Waals surface area (Å²) in [5, 5.41) is 6.84. The van der Waals surface area contributed by atoms with Crippen molar-refractivity contribution in [2.75, 3.05) is 25.6 Å². The van der Waals surface area contributed by atoms with Crippen molar-refractivity contribution in [3.8, 4) is 0 Å². The van der Waals surface area contributed by atoms with Crippen molar-refractivity contribution in [1.82, 2.24) is 10.6 Å². The Morgan fingerprint density at radius 2 is 1.78 bits per heavy atom. The molecule has 0 bridgehead atoms. The zero-order chi connectivity index (χ0) is 16.8. The maximum Gasteiger partial charge on any atom is 0.191 e. The van der Waals surface area contributed by atoms with E-state index in [4.69, 9.17) is 0 Å². The summed E-state index contributed by atoms with van der Waals surface area (Å²) in [6.45, 7) is 7.19. The van der Waals surface area contributed by atoms with Crippen molar-refractivity contribution in [3.05, 3.63) is 0 Å². The van der Waals surface area contributed by atoms with Gasteiger partial charge in [-0.2, -0.15) is 0 Å². The maximum atomic E-state index is 11.3. The van der Waals surface area contributed by atoms with E-state index in [0.717, 1.165) is 11.9 Å². The number of halogens is 1. The van der Waals surface area contributed by atoms with E-state index in [9.17, 15) is 8.42 Å². The fourth-order valence-electron chi connectivity index (χ4n) is 2.67. The molecule has 0 aromatic carbocycles. The first-order chi connectivity index (χ1) is 10.1. The van der Waals surface area contributed by atoms with Gasteiger partial charge < -0.3 is 10.6 Å². The number of sulfone groups is 1. The lowest BCUT2D eigenvalue weighted by Crippen LogP contribution is -2.47. The van der Waals surface area contributed by atoms with Crippen LogP contribution in [0.1, 0.15) is 52.9 Å². The molecule has 2 N–H and O–H groups in total. The largest absolute Gasteiger partial charge is 0.356 e. The molecule has 0 atom stereocenters. The zero-order valence-electron chi connectivity index (χ0n) is 15.2. The number of guanidine groups is 1. The summed E-state index contributed by atoms with van der Waals surface area (Å²) in [4.78, 5) is 4.29. The molecule has 23 heavy (non-hydrogen) atoms. The molecule has 1 aliphatic rings. The van der Waals surface area contributed by atoms with Crippen LogP contribution in [0.5, 0.6) is 0 Å². The highest BCUT2D eigenvalue weighted by Gasteiger charge is 2.22. The Balaban J connectivity index is 0.00000484. The quantitative estimate of drug-likeness (QED) is 0.364. The molecule has 1 fully saturated rings. The van der Waals surface area contributed by atoms with Gasteiger partial charge in [0.1, 0.15) is 9.84 Å². The average molecular weight is 459 g/mol. The molecule has 0 amide bonds. The van der Waals surface area contributed by atoms with Gasteiger partial charge in [0.15, 0.2) is 5.96 Å². The molecule has 7 heteroatoms. The summed E-state index contributed by atoms with van der Waals surface area (Å²) in [6.07, 6.45) is 6.87. The van der Waals surface area contributed by atoms with Crippen molar-refractivity contribution < 1.29 is 8.42 Å². The predicted molar refractivity (Wildman–Crippen MR) is 109 cm³/mol. The van der Waals surface area contributed by atoms with E-state index >= 15 is 0 Å². The van der Waals surface area contributed by atoms with Crippen LogP contribution in [-0.4, -0.2) is 46.0 Å². The van der Waals surface area contributed by atoms with Gasteiger partial charge in [0.05, 0.1) is 5.75 Å². The van der Waals surface area contributed by atoms with Gasteiger partial charge in [-0.05, 0) is 43.4 Å². The Morgan fingerprint density at radius 1 is 1.22 bits per heavy atom. The molecular weight excluding hydrogens is 425 g/mol. The van der Waals surface area contributed by atoms with E-state index < -0.39 is 9.84 Å². The minimum absolute atomic E-state index is 0. The summed E-state index contributed by atoms with van der Waals surface area (Å²) in [5.41, 5.74) is -0.0816. The van der Waals surface area contributed by atoms with E-state index in [1.54, 1.807) is 7.05 Å². The molecule has 138 valence electrons. The Bertz CT molecular complexity index is 470. The number of nitrogens with one attached hydrogen (secondary N) is 2. The third kappa shape index (κ3) is 10.4. The van der Waals surface area contributed by atoms with Crippen molar-refractivity contribution in [1.29, 1.82) is 0 Å². The van der Waals surface area contributed by atoms with Crippen LogP contribution in [-0.2, 0) is 9.84 Å². The molecular formula is C16H34IN3O2S. The number of hydrogen-bond donors (Lipinski definition) is 2. The first-order valence-corrected chi connectivity index (χ1v) is 10.3. The minimum Gasteiger partial charge on any atom is -0.356 e. The molecule has 0 saturated heterocycles. The molecule has 5 nitrogen and oxygen atoms in total. The molecule has 1 saturated carbocycles. The third-order valence-electron chi connectivity index (χ3n) is 4.46. The second-order valence-electron chi connectivity index (χ2n) is 7.57. The average Bonchev–Trinajstić information content (AvgIpc) is 2.43. The van der Waals surface area contributed by atoms with Crippen LogP contribution in [0.3, 0.4) is 0 Å². The van der Waals surface area contributed by atoms with Crippen LogP contribution in [0.4, 0.5) is 0 Å². The lowest BCUT2D eigenvalue weighted by molar-refractivity contribution is 0.323. The smallest absolute Gasteiger partial charge is 0.191 e. The van der Waals surface area contributed by atoms with E-state index in [2.05, 4.69) is 36.4 Å². The van der Waals surface area contributed by atoms with Gasteiger partial charge in [-0.1, -0.05) is 20.8 Å². The predicted octanol–water partition coefficient (Wildman–Crippen LogP) is 2.81. The van der Waals surface area contributed by atoms with Crippen molar-refractivity contribution in [3.63, 3.8) is 0 Å². The van der Waals surface area contributed by atoms with Crippen molar-refractivity contribution in [2.24, 2.45) is 16.3 Å². The number of hydrogen-bond acceptors (Lipinski definition) is 3. The number of aliphatic imine (C=N–C) groups is 1. The van der Waals surface area contributed by atoms with Gasteiger partial charge in [0, 0.05) is 25.9 Å². The molecule has 0 aliphatic heterocycles. The molecule has 0 heterocycles. The van der Waals surface area contributed by atoms with Gasteiger partial charge in [-0.15, -0.1) is 24.0 Å². The summed E-state index contributed by atoms with van der Waals surface area (Å²) in [6, 6.07) is 0.501. The zero-order valence-corrected chi connectivity index (χ0v) is 18.3. The van der Waals surface area contributed by atoms with Gasteiger partial charge in [-0.25, -0.2) is 8.42 Å². The van der Waals surface area contributed by atoms with Gasteiger partial charge >= 0.3 is 0 Å². The van der Waals surface area contributed by atoms with Crippen LogP contribution in [0.2, 0.25) is 0 Å². The van der Waals surface area contributed by atoms with Gasteiger partial charge in [0.2, 0.25) is 0 Å². The Hall–Kier alpha value is -0.0500. The van der Waals surface area contributed by atoms with Crippen LogP contribution >= 0.6 is 24.0 Å². The lowest BCUT2D eigenvalue weighted by atomic mass is 9.87. The maximum absolute atomic E-state index is 11.3. The van der Waals surface area contributed by atoms with E-state index in [1.807, 2.05) is 0 Å². The number of nitrogens with zero attached hydrogens (tertiary/aromatic N) is 1. The minimum atomic E-state index is -2.90. The highest BCUT2D eigenvalue weighted by Crippen LogP contribution is 2.23. The fourth-order valence-corrected chi connectivity index (χ4v) is 3.59. The standard InChI is InChI=1S/C16H33N3O2S.HI/c1-13-6-8-14(9-7-13)19-15(17-4)18-12-16(2,3)10-11-22(5,20)21;/h13-14H,6-12H2,1-5H3,(H2,17,18,19);1H. The first kappa shape index (κ1) is 22.9. The van der Waals surface area contributed by atoms with Crippen LogP contribution in [0.15, 0.2) is 4.99 Å². The van der Waals surface area contributed by atoms with Crippen molar-refractivity contribution in [2.45, 2.75) is 58.9 Å². The summed E-state index contributed by atoms with van der Waals surface area (Å²) >= 11 is 0. The van der Waals surface area contributed by atoms with Gasteiger partial charge in [0.25, 0.3) is 0 Å². The SMILES string of the molecule is CN=C(NCC(C)(C)CCS(C)(=O)=O)NC1CCC(C)CC1.I. The molecule has 0 radical (unpaired) electrons. The Morgan fingerprint density at radius 3 is 2.26 bits per heavy atom. The summed E-state index contributed by atoms with van der Waals surface area (Å²) in [5.74, 6) is 1.89. The van der Waals surface area contributed by atoms with Crippen LogP contribution < -0.4 is 10.6 Å². The lowest BCUT2D eigenvalue weighted by Gasteiger charge is -2.30. The fraction of sp³-hybridized carbons (Fsp3) is 0.938. The highest BCUT2D eigenvalue weighted by atomic mass is 127. The second kappa shape index (κ2) is 10.1. The molecule has 0 spiro atoms. The van der Waals surface area contributed by atoms with Crippen molar-refractivity contribution >= 4 is 39.8 Å². The summed E-state index contributed by atoms with van der Waals surface area (Å²) < 4.78 is 22.6. The first-order valence-electron chi connectivity index (χ1n) is 8.26. The molecule has 1 aliphatic carbocycles. The normalized spacial score (nSPS) is 23.1. The van der Waals surface area contributed by atoms with Crippen LogP contribution in [0, 0.1) is 11.3 Å². The molecule has 1 rings (SSSR count). The topological polar surface area (TPSA) is 70.6 Å². The van der Waals surface area contributed by atoms with Crippen LogP contribution in [0.25, 0.3) is 0 Å². The molecule has 0 aromatic heterocycles. The Labute approximate surface area is 159 Å². The monoisotopic (exact) mass is 459 g/mol. The summed E-state index contributed by atoms with van der Waals surface area (Å²) in [7, 11) is -1.12. The van der Waals surface area contributed by atoms with Gasteiger partial charge in [-0.3, -0.25) is 4.99 Å².